The molecular weight excluding hydrogens is 328 g/mol. The Labute approximate surface area is 146 Å². The number of carbonyl (C=O) groups excluding carboxylic acids is 3. The van der Waals surface area contributed by atoms with E-state index in [9.17, 15) is 14.4 Å². The zero-order valence-electron chi connectivity index (χ0n) is 14.5. The van der Waals surface area contributed by atoms with Gasteiger partial charge in [0.15, 0.2) is 17.6 Å². The molecule has 2 rings (SSSR count). The third-order valence-electron chi connectivity index (χ3n) is 3.82. The summed E-state index contributed by atoms with van der Waals surface area (Å²) in [5.74, 6) is -0.148. The molecule has 1 aliphatic heterocycles. The maximum Gasteiger partial charge on any atom is 0.326 e. The van der Waals surface area contributed by atoms with E-state index in [-0.39, 0.29) is 12.5 Å². The summed E-state index contributed by atoms with van der Waals surface area (Å²) in [7, 11) is 3.01. The third kappa shape index (κ3) is 4.85. The van der Waals surface area contributed by atoms with Crippen molar-refractivity contribution in [3.8, 4) is 11.5 Å². The van der Waals surface area contributed by atoms with E-state index in [1.807, 2.05) is 0 Å². The van der Waals surface area contributed by atoms with Gasteiger partial charge in [-0.05, 0) is 25.5 Å². The van der Waals surface area contributed by atoms with E-state index in [2.05, 4.69) is 5.32 Å². The second kappa shape index (κ2) is 8.36. The molecule has 1 saturated heterocycles. The highest BCUT2D eigenvalue weighted by atomic mass is 16.5. The Morgan fingerprint density at radius 1 is 1.24 bits per heavy atom. The number of anilines is 1. The number of benzene rings is 1. The van der Waals surface area contributed by atoms with Crippen molar-refractivity contribution < 1.29 is 28.6 Å². The zero-order valence-corrected chi connectivity index (χ0v) is 14.5. The lowest BCUT2D eigenvalue weighted by molar-refractivity contribution is -0.155. The molecule has 0 saturated carbocycles. The Morgan fingerprint density at radius 3 is 2.56 bits per heavy atom. The number of likely N-dealkylation sites (tertiary alicyclic amines) is 1. The number of hydrogen-bond acceptors (Lipinski definition) is 6. The topological polar surface area (TPSA) is 94.2 Å². The molecule has 1 aromatic carbocycles. The molecule has 0 spiro atoms. The van der Waals surface area contributed by atoms with Gasteiger partial charge >= 0.3 is 5.97 Å². The van der Waals surface area contributed by atoms with E-state index < -0.39 is 18.0 Å². The number of hydrogen-bond donors (Lipinski definition) is 1. The van der Waals surface area contributed by atoms with Crippen LogP contribution in [-0.2, 0) is 19.1 Å². The number of nitrogens with zero attached hydrogens (tertiary/aromatic N) is 1. The highest BCUT2D eigenvalue weighted by Gasteiger charge is 2.25. The first-order valence-electron chi connectivity index (χ1n) is 7.94. The van der Waals surface area contributed by atoms with Gasteiger partial charge in [-0.1, -0.05) is 0 Å². The molecule has 1 aromatic rings. The third-order valence-corrected chi connectivity index (χ3v) is 3.82. The van der Waals surface area contributed by atoms with Crippen LogP contribution in [0, 0.1) is 0 Å². The lowest BCUT2D eigenvalue weighted by Crippen LogP contribution is -2.36. The normalized spacial score (nSPS) is 14.8. The molecule has 1 N–H and O–H groups in total. The molecule has 1 heterocycles. The molecule has 0 unspecified atom stereocenters. The van der Waals surface area contributed by atoms with Crippen LogP contribution in [0.25, 0.3) is 0 Å². The van der Waals surface area contributed by atoms with E-state index >= 15 is 0 Å². The van der Waals surface area contributed by atoms with E-state index in [1.165, 1.54) is 26.0 Å². The molecule has 0 bridgehead atoms. The molecule has 1 atom stereocenters. The van der Waals surface area contributed by atoms with Crippen molar-refractivity contribution in [2.24, 2.45) is 0 Å². The highest BCUT2D eigenvalue weighted by molar-refractivity contribution is 5.95. The fourth-order valence-electron chi connectivity index (χ4n) is 2.47. The number of ether oxygens (including phenoxy) is 3. The smallest absolute Gasteiger partial charge is 0.326 e. The molecule has 1 aliphatic rings. The van der Waals surface area contributed by atoms with Crippen molar-refractivity contribution in [2.75, 3.05) is 32.6 Å². The quantitative estimate of drug-likeness (QED) is 0.743. The molecule has 8 heteroatoms. The second-order valence-electron chi connectivity index (χ2n) is 5.61. The first-order valence-corrected chi connectivity index (χ1v) is 7.94. The Bertz CT molecular complexity index is 661. The first-order chi connectivity index (χ1) is 11.9. The van der Waals surface area contributed by atoms with E-state index in [0.717, 1.165) is 6.42 Å². The SMILES string of the molecule is COc1ccc(NC(=O)[C@@H](C)OC(=O)CN2CCCC2=O)cc1OC. The second-order valence-corrected chi connectivity index (χ2v) is 5.61. The van der Waals surface area contributed by atoms with Gasteiger partial charge in [0.05, 0.1) is 14.2 Å². The average Bonchev–Trinajstić information content (AvgIpc) is 2.99. The summed E-state index contributed by atoms with van der Waals surface area (Å²) in [5.41, 5.74) is 0.486. The molecule has 0 radical (unpaired) electrons. The maximum atomic E-state index is 12.2. The minimum absolute atomic E-state index is 0.0700. The Balaban J connectivity index is 1.89. The van der Waals surface area contributed by atoms with Gasteiger partial charge in [-0.25, -0.2) is 0 Å². The van der Waals surface area contributed by atoms with Crippen LogP contribution in [0.4, 0.5) is 5.69 Å². The predicted octanol–water partition coefficient (Wildman–Crippen LogP) is 1.20. The fraction of sp³-hybridized carbons (Fsp3) is 0.471. The summed E-state index contributed by atoms with van der Waals surface area (Å²) in [6.07, 6.45) is 0.197. The molecule has 0 aromatic heterocycles. The van der Waals surface area contributed by atoms with Crippen LogP contribution in [0.3, 0.4) is 0 Å². The summed E-state index contributed by atoms with van der Waals surface area (Å²) in [6, 6.07) is 4.91. The van der Waals surface area contributed by atoms with Gasteiger partial charge in [0.2, 0.25) is 5.91 Å². The minimum Gasteiger partial charge on any atom is -0.493 e. The van der Waals surface area contributed by atoms with E-state index in [1.54, 1.807) is 18.2 Å². The van der Waals surface area contributed by atoms with Crippen molar-refractivity contribution in [3.05, 3.63) is 18.2 Å². The summed E-state index contributed by atoms with van der Waals surface area (Å²) < 4.78 is 15.4. The number of carbonyl (C=O) groups is 3. The predicted molar refractivity (Wildman–Crippen MR) is 89.5 cm³/mol. The monoisotopic (exact) mass is 350 g/mol. The summed E-state index contributed by atoms with van der Waals surface area (Å²) in [4.78, 5) is 37.0. The van der Waals surface area contributed by atoms with Crippen molar-refractivity contribution >= 4 is 23.5 Å². The molecule has 136 valence electrons. The van der Waals surface area contributed by atoms with Gasteiger partial charge in [0, 0.05) is 24.7 Å². The lowest BCUT2D eigenvalue weighted by atomic mass is 10.2. The number of methoxy groups -OCH3 is 2. The first kappa shape index (κ1) is 18.6. The summed E-state index contributed by atoms with van der Waals surface area (Å²) in [6.45, 7) is 1.88. The van der Waals surface area contributed by atoms with Gasteiger partial charge in [0.25, 0.3) is 5.91 Å². The van der Waals surface area contributed by atoms with Gasteiger partial charge in [-0.2, -0.15) is 0 Å². The maximum absolute atomic E-state index is 12.2. The van der Waals surface area contributed by atoms with Crippen LogP contribution in [0.15, 0.2) is 18.2 Å². The van der Waals surface area contributed by atoms with Crippen LogP contribution >= 0.6 is 0 Å². The zero-order chi connectivity index (χ0) is 18.4. The van der Waals surface area contributed by atoms with Crippen LogP contribution in [0.1, 0.15) is 19.8 Å². The Kier molecular flexibility index (Phi) is 6.21. The molecule has 25 heavy (non-hydrogen) atoms. The van der Waals surface area contributed by atoms with Gasteiger partial charge in [-0.3, -0.25) is 14.4 Å². The van der Waals surface area contributed by atoms with Crippen LogP contribution in [0.2, 0.25) is 0 Å². The fourth-order valence-corrected chi connectivity index (χ4v) is 2.47. The van der Waals surface area contributed by atoms with Crippen molar-refractivity contribution in [2.45, 2.75) is 25.9 Å². The van der Waals surface area contributed by atoms with Crippen LogP contribution in [0.5, 0.6) is 11.5 Å². The van der Waals surface area contributed by atoms with Crippen LogP contribution in [-0.4, -0.2) is 56.1 Å². The molecule has 2 amide bonds. The molecule has 1 fully saturated rings. The molecular formula is C17H22N2O6. The molecule has 8 nitrogen and oxygen atoms in total. The van der Waals surface area contributed by atoms with Crippen molar-refractivity contribution in [1.29, 1.82) is 0 Å². The van der Waals surface area contributed by atoms with Gasteiger partial charge in [-0.15, -0.1) is 0 Å². The standard InChI is InChI=1S/C17H22N2O6/c1-11(25-16(21)10-19-8-4-5-15(19)20)17(22)18-12-6-7-13(23-2)14(9-12)24-3/h6-7,9,11H,4-5,8,10H2,1-3H3,(H,18,22)/t11-/m1/s1. The van der Waals surface area contributed by atoms with Gasteiger partial charge in [0.1, 0.15) is 6.54 Å². The minimum atomic E-state index is -0.988. The van der Waals surface area contributed by atoms with Crippen molar-refractivity contribution in [3.63, 3.8) is 0 Å². The number of rotatable bonds is 7. The highest BCUT2D eigenvalue weighted by Crippen LogP contribution is 2.29. The largest absolute Gasteiger partial charge is 0.493 e. The number of amides is 2. The summed E-state index contributed by atoms with van der Waals surface area (Å²) in [5, 5.41) is 2.64. The van der Waals surface area contributed by atoms with E-state index in [0.29, 0.717) is 30.2 Å². The van der Waals surface area contributed by atoms with Crippen LogP contribution < -0.4 is 14.8 Å². The average molecular weight is 350 g/mol. The summed E-state index contributed by atoms with van der Waals surface area (Å²) >= 11 is 0. The number of esters is 1. The van der Waals surface area contributed by atoms with Gasteiger partial charge < -0.3 is 24.4 Å². The van der Waals surface area contributed by atoms with E-state index in [4.69, 9.17) is 14.2 Å². The Morgan fingerprint density at radius 2 is 1.96 bits per heavy atom. The van der Waals surface area contributed by atoms with Crippen molar-refractivity contribution in [1.82, 2.24) is 4.90 Å². The Hall–Kier alpha value is -2.77. The molecule has 0 aliphatic carbocycles. The number of nitrogens with one attached hydrogen (secondary N) is 1. The lowest BCUT2D eigenvalue weighted by Gasteiger charge is -2.18.